The quantitative estimate of drug-likeness (QED) is 0.680. The summed E-state index contributed by atoms with van der Waals surface area (Å²) < 4.78 is 0.699. The maximum absolute atomic E-state index is 12.6. The first-order valence-electron chi connectivity index (χ1n) is 8.72. The fraction of sp³-hybridized carbons (Fsp3) is 0.250. The average Bonchev–Trinajstić information content (AvgIpc) is 2.68. The maximum Gasteiger partial charge on any atom is 0.257 e. The average molecular weight is 402 g/mol. The molecule has 5 nitrogen and oxygen atoms in total. The monoisotopic (exact) mass is 401 g/mol. The van der Waals surface area contributed by atoms with Crippen molar-refractivity contribution >= 4 is 51.5 Å². The summed E-state index contributed by atoms with van der Waals surface area (Å²) in [5, 5.41) is 5.64. The van der Waals surface area contributed by atoms with Gasteiger partial charge in [-0.3, -0.25) is 9.59 Å². The van der Waals surface area contributed by atoms with E-state index in [2.05, 4.69) is 10.6 Å². The van der Waals surface area contributed by atoms with Gasteiger partial charge >= 0.3 is 0 Å². The number of amides is 2. The minimum Gasteiger partial charge on any atom is -0.358 e. The van der Waals surface area contributed by atoms with Crippen LogP contribution in [0.15, 0.2) is 54.6 Å². The molecule has 2 aromatic carbocycles. The number of para-hydroxylation sites is 2. The third kappa shape index (κ3) is 6.37. The normalized spacial score (nSPS) is 10.1. The molecule has 27 heavy (non-hydrogen) atoms. The van der Waals surface area contributed by atoms with Crippen LogP contribution < -0.4 is 10.6 Å². The lowest BCUT2D eigenvalue weighted by Crippen LogP contribution is -2.28. The predicted octanol–water partition coefficient (Wildman–Crippen LogP) is 4.24. The van der Waals surface area contributed by atoms with Gasteiger partial charge in [0.1, 0.15) is 4.32 Å². The number of thioether (sulfide) groups is 1. The lowest BCUT2D eigenvalue weighted by molar-refractivity contribution is -0.113. The van der Waals surface area contributed by atoms with Crippen molar-refractivity contribution in [2.75, 3.05) is 29.5 Å². The third-order valence-electron chi connectivity index (χ3n) is 3.83. The lowest BCUT2D eigenvalue weighted by Gasteiger charge is -2.20. The third-order valence-corrected chi connectivity index (χ3v) is 5.35. The number of nitrogens with zero attached hydrogens (tertiary/aromatic N) is 1. The van der Waals surface area contributed by atoms with E-state index in [0.717, 1.165) is 13.1 Å². The SMILES string of the molecule is CCN(CC)C(=S)SCC(=O)Nc1ccccc1C(=O)Nc1ccccc1. The first kappa shape index (κ1) is 20.9. The zero-order valence-electron chi connectivity index (χ0n) is 15.4. The zero-order chi connectivity index (χ0) is 19.6. The van der Waals surface area contributed by atoms with Crippen LogP contribution in [-0.4, -0.2) is 39.9 Å². The van der Waals surface area contributed by atoms with E-state index in [4.69, 9.17) is 12.2 Å². The summed E-state index contributed by atoms with van der Waals surface area (Å²) in [6, 6.07) is 16.1. The minimum absolute atomic E-state index is 0.198. The Labute approximate surface area is 169 Å². The highest BCUT2D eigenvalue weighted by Crippen LogP contribution is 2.18. The molecule has 0 spiro atoms. The molecule has 0 aliphatic rings. The van der Waals surface area contributed by atoms with Gasteiger partial charge in [-0.15, -0.1) is 0 Å². The molecule has 0 atom stereocenters. The van der Waals surface area contributed by atoms with Crippen molar-refractivity contribution in [2.24, 2.45) is 0 Å². The van der Waals surface area contributed by atoms with E-state index in [1.807, 2.05) is 49.1 Å². The molecule has 7 heteroatoms. The summed E-state index contributed by atoms with van der Waals surface area (Å²) in [6.45, 7) is 5.68. The van der Waals surface area contributed by atoms with Crippen LogP contribution in [0.1, 0.15) is 24.2 Å². The molecule has 142 valence electrons. The molecule has 2 amide bonds. The Hall–Kier alpha value is -2.38. The second-order valence-corrected chi connectivity index (χ2v) is 7.25. The molecule has 0 bridgehead atoms. The minimum atomic E-state index is -0.275. The Bertz CT molecular complexity index is 793. The molecule has 0 aromatic heterocycles. The van der Waals surface area contributed by atoms with E-state index < -0.39 is 0 Å². The van der Waals surface area contributed by atoms with Crippen LogP contribution >= 0.6 is 24.0 Å². The van der Waals surface area contributed by atoms with E-state index in [0.29, 0.717) is 21.3 Å². The van der Waals surface area contributed by atoms with Gasteiger partial charge in [-0.25, -0.2) is 0 Å². The Morgan fingerprint density at radius 1 is 0.963 bits per heavy atom. The molecule has 0 aliphatic carbocycles. The van der Waals surface area contributed by atoms with E-state index in [-0.39, 0.29) is 17.6 Å². The Morgan fingerprint density at radius 2 is 1.59 bits per heavy atom. The van der Waals surface area contributed by atoms with Gasteiger partial charge in [-0.05, 0) is 38.1 Å². The standard InChI is InChI=1S/C20H23N3O2S2/c1-3-23(4-2)20(26)27-14-18(24)22-17-13-9-8-12-16(17)19(25)21-15-10-6-5-7-11-15/h5-13H,3-4,14H2,1-2H3,(H,21,25)(H,22,24). The van der Waals surface area contributed by atoms with Crippen molar-refractivity contribution in [1.29, 1.82) is 0 Å². The summed E-state index contributed by atoms with van der Waals surface area (Å²) in [4.78, 5) is 26.9. The predicted molar refractivity (Wildman–Crippen MR) is 117 cm³/mol. The van der Waals surface area contributed by atoms with Gasteiger partial charge in [-0.1, -0.05) is 54.3 Å². The van der Waals surface area contributed by atoms with Crippen molar-refractivity contribution in [2.45, 2.75) is 13.8 Å². The van der Waals surface area contributed by atoms with Crippen LogP contribution in [0.3, 0.4) is 0 Å². The van der Waals surface area contributed by atoms with Crippen molar-refractivity contribution < 1.29 is 9.59 Å². The number of rotatable bonds is 7. The molecule has 2 rings (SSSR count). The molecule has 0 aliphatic heterocycles. The number of nitrogens with one attached hydrogen (secondary N) is 2. The molecule has 0 radical (unpaired) electrons. The van der Waals surface area contributed by atoms with Gasteiger partial charge < -0.3 is 15.5 Å². The van der Waals surface area contributed by atoms with Gasteiger partial charge in [0.15, 0.2) is 0 Å². The number of benzene rings is 2. The van der Waals surface area contributed by atoms with E-state index in [1.54, 1.807) is 24.3 Å². The smallest absolute Gasteiger partial charge is 0.257 e. The van der Waals surface area contributed by atoms with Crippen LogP contribution in [0.25, 0.3) is 0 Å². The van der Waals surface area contributed by atoms with Crippen molar-refractivity contribution in [1.82, 2.24) is 4.90 Å². The molecule has 0 saturated heterocycles. The van der Waals surface area contributed by atoms with Crippen LogP contribution in [0, 0.1) is 0 Å². The molecule has 0 unspecified atom stereocenters. The number of hydrogen-bond acceptors (Lipinski definition) is 4. The summed E-state index contributed by atoms with van der Waals surface area (Å²) in [7, 11) is 0. The summed E-state index contributed by atoms with van der Waals surface area (Å²) in [6.07, 6.45) is 0. The van der Waals surface area contributed by atoms with Crippen molar-refractivity contribution in [3.05, 3.63) is 60.2 Å². The molecular weight excluding hydrogens is 378 g/mol. The molecular formula is C20H23N3O2S2. The van der Waals surface area contributed by atoms with Gasteiger partial charge in [-0.2, -0.15) is 0 Å². The fourth-order valence-corrected chi connectivity index (χ4v) is 3.60. The number of carbonyl (C=O) groups is 2. The lowest BCUT2D eigenvalue weighted by atomic mass is 10.1. The number of anilines is 2. The Balaban J connectivity index is 1.99. The molecule has 2 N–H and O–H groups in total. The van der Waals surface area contributed by atoms with Gasteiger partial charge in [0, 0.05) is 18.8 Å². The molecule has 2 aromatic rings. The summed E-state index contributed by atoms with van der Waals surface area (Å²) in [5.41, 5.74) is 1.58. The van der Waals surface area contributed by atoms with Crippen molar-refractivity contribution in [3.63, 3.8) is 0 Å². The highest BCUT2D eigenvalue weighted by Gasteiger charge is 2.14. The number of carbonyl (C=O) groups excluding carboxylic acids is 2. The first-order valence-corrected chi connectivity index (χ1v) is 10.1. The first-order chi connectivity index (χ1) is 13.0. The van der Waals surface area contributed by atoms with E-state index in [1.165, 1.54) is 11.8 Å². The Kier molecular flexibility index (Phi) is 8.29. The second kappa shape index (κ2) is 10.7. The largest absolute Gasteiger partial charge is 0.358 e. The van der Waals surface area contributed by atoms with Gasteiger partial charge in [0.25, 0.3) is 5.91 Å². The van der Waals surface area contributed by atoms with Gasteiger partial charge in [0.2, 0.25) is 5.91 Å². The maximum atomic E-state index is 12.6. The van der Waals surface area contributed by atoms with Crippen LogP contribution in [0.5, 0.6) is 0 Å². The van der Waals surface area contributed by atoms with Crippen LogP contribution in [0.2, 0.25) is 0 Å². The molecule has 0 fully saturated rings. The second-order valence-electron chi connectivity index (χ2n) is 5.64. The van der Waals surface area contributed by atoms with Crippen molar-refractivity contribution in [3.8, 4) is 0 Å². The molecule has 0 heterocycles. The topological polar surface area (TPSA) is 61.4 Å². The number of hydrogen-bond donors (Lipinski definition) is 2. The summed E-state index contributed by atoms with van der Waals surface area (Å²) in [5.74, 6) is -0.276. The van der Waals surface area contributed by atoms with Gasteiger partial charge in [0.05, 0.1) is 17.0 Å². The Morgan fingerprint density at radius 3 is 2.26 bits per heavy atom. The number of thiocarbonyl (C=S) groups is 1. The summed E-state index contributed by atoms with van der Waals surface area (Å²) >= 11 is 6.66. The van der Waals surface area contributed by atoms with Crippen LogP contribution in [-0.2, 0) is 4.79 Å². The van der Waals surface area contributed by atoms with E-state index >= 15 is 0 Å². The fourth-order valence-electron chi connectivity index (χ4n) is 2.40. The highest BCUT2D eigenvalue weighted by atomic mass is 32.2. The van der Waals surface area contributed by atoms with E-state index in [9.17, 15) is 9.59 Å². The van der Waals surface area contributed by atoms with Crippen LogP contribution in [0.4, 0.5) is 11.4 Å². The highest BCUT2D eigenvalue weighted by molar-refractivity contribution is 8.23. The molecule has 0 saturated carbocycles. The zero-order valence-corrected chi connectivity index (χ0v) is 17.0.